The van der Waals surface area contributed by atoms with Crippen LogP contribution in [-0.4, -0.2) is 17.4 Å². The van der Waals surface area contributed by atoms with E-state index in [9.17, 15) is 4.79 Å². The van der Waals surface area contributed by atoms with Gasteiger partial charge in [-0.2, -0.15) is 0 Å². The number of pyridine rings is 1. The number of halogens is 1. The average Bonchev–Trinajstić information content (AvgIpc) is 3.15. The predicted molar refractivity (Wildman–Crippen MR) is 68.7 cm³/mol. The number of rotatable bonds is 4. The molecule has 2 aliphatic rings. The van der Waals surface area contributed by atoms with Gasteiger partial charge in [0, 0.05) is 23.4 Å². The van der Waals surface area contributed by atoms with Crippen molar-refractivity contribution in [3.05, 3.63) is 28.5 Å². The Morgan fingerprint density at radius 3 is 2.82 bits per heavy atom. The molecule has 0 saturated heterocycles. The molecule has 0 radical (unpaired) electrons. The van der Waals surface area contributed by atoms with Crippen molar-refractivity contribution in [3.8, 4) is 0 Å². The molecule has 1 heterocycles. The summed E-state index contributed by atoms with van der Waals surface area (Å²) in [6.45, 7) is 0.836. The number of aromatic nitrogens is 1. The van der Waals surface area contributed by atoms with Gasteiger partial charge in [-0.25, -0.2) is 0 Å². The first-order valence-electron chi connectivity index (χ1n) is 6.08. The van der Waals surface area contributed by atoms with Crippen LogP contribution in [0.2, 0.25) is 0 Å². The lowest BCUT2D eigenvalue weighted by Crippen LogP contribution is -2.31. The van der Waals surface area contributed by atoms with Gasteiger partial charge < -0.3 is 5.32 Å². The quantitative estimate of drug-likeness (QED) is 0.928. The molecule has 1 amide bonds. The number of hydrogen-bond donors (Lipinski definition) is 1. The van der Waals surface area contributed by atoms with E-state index in [-0.39, 0.29) is 5.91 Å². The van der Waals surface area contributed by atoms with Crippen molar-refractivity contribution in [1.29, 1.82) is 0 Å². The molecule has 0 bridgehead atoms. The molecule has 1 N–H and O–H groups in total. The zero-order valence-corrected chi connectivity index (χ0v) is 11.2. The lowest BCUT2D eigenvalue weighted by Gasteiger charge is -2.14. The van der Waals surface area contributed by atoms with E-state index in [2.05, 4.69) is 26.2 Å². The van der Waals surface area contributed by atoms with Crippen molar-refractivity contribution < 1.29 is 4.79 Å². The fraction of sp³-hybridized carbons (Fsp3) is 0.538. The summed E-state index contributed by atoms with van der Waals surface area (Å²) in [7, 11) is 0. The molecule has 0 aromatic carbocycles. The van der Waals surface area contributed by atoms with Crippen molar-refractivity contribution in [2.75, 3.05) is 6.54 Å². The number of nitrogens with one attached hydrogen (secondary N) is 1. The first-order chi connectivity index (χ1) is 8.20. The topological polar surface area (TPSA) is 42.0 Å². The van der Waals surface area contributed by atoms with E-state index in [0.29, 0.717) is 11.0 Å². The van der Waals surface area contributed by atoms with Crippen LogP contribution in [-0.2, 0) is 0 Å². The molecule has 90 valence electrons. The zero-order valence-electron chi connectivity index (χ0n) is 9.58. The lowest BCUT2D eigenvalue weighted by atomic mass is 10.0. The summed E-state index contributed by atoms with van der Waals surface area (Å²) in [6, 6.07) is 1.80. The maximum absolute atomic E-state index is 11.9. The molecule has 0 aliphatic heterocycles. The largest absolute Gasteiger partial charge is 0.351 e. The molecule has 1 aromatic rings. The highest BCUT2D eigenvalue weighted by molar-refractivity contribution is 9.10. The van der Waals surface area contributed by atoms with Gasteiger partial charge in [0.25, 0.3) is 5.91 Å². The predicted octanol–water partition coefficient (Wildman–Crippen LogP) is 2.76. The van der Waals surface area contributed by atoms with Gasteiger partial charge in [0.2, 0.25) is 0 Å². The third-order valence-electron chi connectivity index (χ3n) is 3.90. The molecule has 4 heteroatoms. The Morgan fingerprint density at radius 1 is 1.47 bits per heavy atom. The van der Waals surface area contributed by atoms with Crippen molar-refractivity contribution in [2.45, 2.75) is 25.7 Å². The number of nitrogens with zero attached hydrogens (tertiary/aromatic N) is 1. The number of hydrogen-bond acceptors (Lipinski definition) is 2. The molecule has 17 heavy (non-hydrogen) atoms. The molecule has 2 aliphatic carbocycles. The van der Waals surface area contributed by atoms with Gasteiger partial charge in [-0.15, -0.1) is 0 Å². The highest BCUT2D eigenvalue weighted by Gasteiger charge is 2.53. The second kappa shape index (κ2) is 4.09. The van der Waals surface area contributed by atoms with Crippen LogP contribution in [0.5, 0.6) is 0 Å². The van der Waals surface area contributed by atoms with Crippen LogP contribution in [0.25, 0.3) is 0 Å². The highest BCUT2D eigenvalue weighted by Crippen LogP contribution is 2.60. The van der Waals surface area contributed by atoms with Crippen LogP contribution in [0.4, 0.5) is 0 Å². The minimum absolute atomic E-state index is 0.00859. The van der Waals surface area contributed by atoms with E-state index in [1.807, 2.05) is 0 Å². The van der Waals surface area contributed by atoms with E-state index in [4.69, 9.17) is 0 Å². The lowest BCUT2D eigenvalue weighted by molar-refractivity contribution is 0.0942. The third-order valence-corrected chi connectivity index (χ3v) is 4.34. The summed E-state index contributed by atoms with van der Waals surface area (Å²) in [5.74, 6) is 0.870. The van der Waals surface area contributed by atoms with Crippen molar-refractivity contribution in [3.63, 3.8) is 0 Å². The molecule has 0 spiro atoms. The Labute approximate surface area is 109 Å². The maximum atomic E-state index is 11.9. The van der Waals surface area contributed by atoms with E-state index >= 15 is 0 Å². The summed E-state index contributed by atoms with van der Waals surface area (Å²) in [4.78, 5) is 15.9. The minimum atomic E-state index is -0.00859. The minimum Gasteiger partial charge on any atom is -0.351 e. The van der Waals surface area contributed by atoms with Gasteiger partial charge in [-0.3, -0.25) is 9.78 Å². The molecular formula is C13H15BrN2O. The fourth-order valence-electron chi connectivity index (χ4n) is 2.48. The number of amides is 1. The van der Waals surface area contributed by atoms with Gasteiger partial charge in [-0.05, 0) is 59.0 Å². The Bertz CT molecular complexity index is 452. The van der Waals surface area contributed by atoms with Crippen LogP contribution in [0.3, 0.4) is 0 Å². The Kier molecular flexibility index (Phi) is 2.69. The third kappa shape index (κ3) is 2.37. The highest BCUT2D eigenvalue weighted by atomic mass is 79.9. The normalized spacial score (nSPS) is 21.0. The SMILES string of the molecule is O=C(NCC1(C2CC2)CC1)c1cncc(Br)c1. The molecule has 2 fully saturated rings. The zero-order chi connectivity index (χ0) is 11.9. The van der Waals surface area contributed by atoms with Gasteiger partial charge >= 0.3 is 0 Å². The number of carbonyl (C=O) groups excluding carboxylic acids is 1. The molecule has 3 rings (SSSR count). The molecular weight excluding hydrogens is 280 g/mol. The van der Waals surface area contributed by atoms with Crippen molar-refractivity contribution in [1.82, 2.24) is 10.3 Å². The van der Waals surface area contributed by atoms with Crippen LogP contribution in [0.1, 0.15) is 36.0 Å². The van der Waals surface area contributed by atoms with Crippen LogP contribution >= 0.6 is 15.9 Å². The Hall–Kier alpha value is -0.900. The van der Waals surface area contributed by atoms with Gasteiger partial charge in [0.05, 0.1) is 5.56 Å². The maximum Gasteiger partial charge on any atom is 0.252 e. The smallest absolute Gasteiger partial charge is 0.252 e. The summed E-state index contributed by atoms with van der Waals surface area (Å²) in [6.07, 6.45) is 8.58. The number of carbonyl (C=O) groups is 1. The van der Waals surface area contributed by atoms with Gasteiger partial charge in [0.15, 0.2) is 0 Å². The standard InChI is InChI=1S/C13H15BrN2O/c14-11-5-9(6-15-7-11)12(17)16-8-13(3-4-13)10-1-2-10/h5-7,10H,1-4,8H2,(H,16,17). The van der Waals surface area contributed by atoms with Crippen molar-refractivity contribution >= 4 is 21.8 Å². The van der Waals surface area contributed by atoms with E-state index in [0.717, 1.165) is 16.9 Å². The van der Waals surface area contributed by atoms with Crippen LogP contribution < -0.4 is 5.32 Å². The van der Waals surface area contributed by atoms with Crippen LogP contribution in [0.15, 0.2) is 22.9 Å². The Morgan fingerprint density at radius 2 is 2.24 bits per heavy atom. The van der Waals surface area contributed by atoms with E-state index < -0.39 is 0 Å². The molecule has 0 unspecified atom stereocenters. The van der Waals surface area contributed by atoms with Gasteiger partial charge in [0.1, 0.15) is 0 Å². The fourth-order valence-corrected chi connectivity index (χ4v) is 2.84. The van der Waals surface area contributed by atoms with Gasteiger partial charge in [-0.1, -0.05) is 0 Å². The molecule has 3 nitrogen and oxygen atoms in total. The monoisotopic (exact) mass is 294 g/mol. The first kappa shape index (κ1) is 11.2. The van der Waals surface area contributed by atoms with Crippen molar-refractivity contribution in [2.24, 2.45) is 11.3 Å². The average molecular weight is 295 g/mol. The van der Waals surface area contributed by atoms with Crippen LogP contribution in [0, 0.1) is 11.3 Å². The molecule has 2 saturated carbocycles. The summed E-state index contributed by atoms with van der Waals surface area (Å²) in [5, 5.41) is 3.05. The summed E-state index contributed by atoms with van der Waals surface area (Å²) >= 11 is 3.32. The van der Waals surface area contributed by atoms with E-state index in [1.54, 1.807) is 18.5 Å². The summed E-state index contributed by atoms with van der Waals surface area (Å²) in [5.41, 5.74) is 1.08. The summed E-state index contributed by atoms with van der Waals surface area (Å²) < 4.78 is 0.841. The first-order valence-corrected chi connectivity index (χ1v) is 6.88. The van der Waals surface area contributed by atoms with E-state index in [1.165, 1.54) is 25.7 Å². The second-order valence-corrected chi connectivity index (χ2v) is 6.13. The Balaban J connectivity index is 1.60. The molecule has 0 atom stereocenters. The second-order valence-electron chi connectivity index (χ2n) is 5.21. The molecule has 1 aromatic heterocycles.